The number of hydrogen-bond donors (Lipinski definition) is 1. The summed E-state index contributed by atoms with van der Waals surface area (Å²) in [4.78, 5) is 16.6. The van der Waals surface area contributed by atoms with Crippen LogP contribution in [0.25, 0.3) is 10.2 Å². The SMILES string of the molecule is O=C(Nc1nc2ccc(I)cc2s1)c1ccc(Cl)cc1Cl. The summed E-state index contributed by atoms with van der Waals surface area (Å²) in [6.45, 7) is 0. The Balaban J connectivity index is 1.89. The average molecular weight is 449 g/mol. The van der Waals surface area contributed by atoms with Crippen molar-refractivity contribution in [3.63, 3.8) is 0 Å². The molecule has 1 amide bonds. The largest absolute Gasteiger partial charge is 0.298 e. The molecule has 2 aromatic carbocycles. The number of benzene rings is 2. The van der Waals surface area contributed by atoms with E-state index in [4.69, 9.17) is 23.2 Å². The molecular weight excluding hydrogens is 442 g/mol. The third kappa shape index (κ3) is 3.31. The van der Waals surface area contributed by atoms with E-state index in [1.807, 2.05) is 18.2 Å². The maximum atomic E-state index is 12.2. The monoisotopic (exact) mass is 448 g/mol. The molecule has 3 aromatic rings. The lowest BCUT2D eigenvalue weighted by Crippen LogP contribution is -2.12. The van der Waals surface area contributed by atoms with Gasteiger partial charge in [-0.3, -0.25) is 10.1 Å². The van der Waals surface area contributed by atoms with Gasteiger partial charge in [0.05, 0.1) is 20.8 Å². The summed E-state index contributed by atoms with van der Waals surface area (Å²) in [5.41, 5.74) is 1.23. The number of carbonyl (C=O) groups excluding carboxylic acids is 1. The number of thiazole rings is 1. The highest BCUT2D eigenvalue weighted by atomic mass is 127. The molecule has 3 rings (SSSR count). The highest BCUT2D eigenvalue weighted by molar-refractivity contribution is 14.1. The summed E-state index contributed by atoms with van der Waals surface area (Å²) in [6.07, 6.45) is 0. The van der Waals surface area contributed by atoms with Gasteiger partial charge in [-0.25, -0.2) is 4.98 Å². The highest BCUT2D eigenvalue weighted by Crippen LogP contribution is 2.28. The van der Waals surface area contributed by atoms with Crippen molar-refractivity contribution in [3.05, 3.63) is 55.6 Å². The predicted octanol–water partition coefficient (Wildman–Crippen LogP) is 5.46. The van der Waals surface area contributed by atoms with Crippen molar-refractivity contribution in [2.45, 2.75) is 0 Å². The Hall–Kier alpha value is -0.890. The summed E-state index contributed by atoms with van der Waals surface area (Å²) >= 11 is 15.5. The van der Waals surface area contributed by atoms with Gasteiger partial charge < -0.3 is 0 Å². The molecule has 0 saturated carbocycles. The van der Waals surface area contributed by atoms with Crippen molar-refractivity contribution in [3.8, 4) is 0 Å². The number of anilines is 1. The first kappa shape index (κ1) is 15.0. The summed E-state index contributed by atoms with van der Waals surface area (Å²) in [6, 6.07) is 10.7. The van der Waals surface area contributed by atoms with Gasteiger partial charge in [0.25, 0.3) is 5.91 Å². The summed E-state index contributed by atoms with van der Waals surface area (Å²) < 4.78 is 2.15. The number of fused-ring (bicyclic) bond motifs is 1. The smallest absolute Gasteiger partial charge is 0.258 e. The van der Waals surface area contributed by atoms with Gasteiger partial charge in [-0.2, -0.15) is 0 Å². The quantitative estimate of drug-likeness (QED) is 0.529. The van der Waals surface area contributed by atoms with Crippen LogP contribution in [0, 0.1) is 3.57 Å². The Bertz CT molecular complexity index is 850. The molecule has 0 aliphatic rings. The molecule has 0 saturated heterocycles. The summed E-state index contributed by atoms with van der Waals surface area (Å²) in [7, 11) is 0. The lowest BCUT2D eigenvalue weighted by atomic mass is 10.2. The van der Waals surface area contributed by atoms with Crippen LogP contribution in [0.4, 0.5) is 5.13 Å². The Morgan fingerprint density at radius 2 is 2.00 bits per heavy atom. The lowest BCUT2D eigenvalue weighted by Gasteiger charge is -2.04. The summed E-state index contributed by atoms with van der Waals surface area (Å²) in [5.74, 6) is -0.301. The zero-order valence-electron chi connectivity index (χ0n) is 10.4. The minimum absolute atomic E-state index is 0.301. The standard InChI is InChI=1S/C14H7Cl2IN2OS/c15-7-1-3-9(10(16)5-7)13(20)19-14-18-11-4-2-8(17)6-12(11)21-14/h1-6H,(H,18,19,20). The van der Waals surface area contributed by atoms with Gasteiger partial charge in [-0.15, -0.1) is 0 Å². The molecule has 0 fully saturated rings. The number of hydrogen-bond acceptors (Lipinski definition) is 3. The molecule has 1 heterocycles. The van der Waals surface area contributed by atoms with Crippen LogP contribution in [0.15, 0.2) is 36.4 Å². The van der Waals surface area contributed by atoms with Crippen LogP contribution in [-0.4, -0.2) is 10.9 Å². The van der Waals surface area contributed by atoms with Gasteiger partial charge >= 0.3 is 0 Å². The minimum Gasteiger partial charge on any atom is -0.298 e. The number of amides is 1. The van der Waals surface area contributed by atoms with Crippen molar-refractivity contribution in [1.82, 2.24) is 4.98 Å². The fourth-order valence-corrected chi connectivity index (χ4v) is 3.89. The lowest BCUT2D eigenvalue weighted by molar-refractivity contribution is 0.102. The Morgan fingerprint density at radius 1 is 1.19 bits per heavy atom. The first-order chi connectivity index (χ1) is 10.0. The second kappa shape index (κ2) is 6.08. The summed E-state index contributed by atoms with van der Waals surface area (Å²) in [5, 5.41) is 4.12. The molecule has 0 aliphatic heterocycles. The topological polar surface area (TPSA) is 42.0 Å². The van der Waals surface area contributed by atoms with Crippen LogP contribution in [0.3, 0.4) is 0 Å². The fourth-order valence-electron chi connectivity index (χ4n) is 1.79. The van der Waals surface area contributed by atoms with Crippen LogP contribution in [-0.2, 0) is 0 Å². The van der Waals surface area contributed by atoms with E-state index < -0.39 is 0 Å². The van der Waals surface area contributed by atoms with Crippen molar-refractivity contribution in [2.24, 2.45) is 0 Å². The molecule has 0 radical (unpaired) electrons. The van der Waals surface area contributed by atoms with Crippen molar-refractivity contribution < 1.29 is 4.79 Å². The zero-order chi connectivity index (χ0) is 15.0. The van der Waals surface area contributed by atoms with Gasteiger partial charge in [-0.05, 0) is 59.0 Å². The molecule has 1 aromatic heterocycles. The van der Waals surface area contributed by atoms with Crippen LogP contribution < -0.4 is 5.32 Å². The number of halogens is 3. The number of nitrogens with zero attached hydrogens (tertiary/aromatic N) is 1. The van der Waals surface area contributed by atoms with Crippen LogP contribution in [0.1, 0.15) is 10.4 Å². The van der Waals surface area contributed by atoms with Crippen molar-refractivity contribution in [2.75, 3.05) is 5.32 Å². The van der Waals surface area contributed by atoms with E-state index in [-0.39, 0.29) is 5.91 Å². The molecule has 7 heteroatoms. The third-order valence-electron chi connectivity index (χ3n) is 2.75. The predicted molar refractivity (Wildman–Crippen MR) is 96.8 cm³/mol. The molecule has 0 spiro atoms. The van der Waals surface area contributed by atoms with Gasteiger partial charge in [0.2, 0.25) is 0 Å². The second-order valence-electron chi connectivity index (χ2n) is 4.21. The first-order valence-corrected chi connectivity index (χ1v) is 8.50. The molecular formula is C14H7Cl2IN2OS. The molecule has 1 N–H and O–H groups in total. The van der Waals surface area contributed by atoms with Crippen molar-refractivity contribution in [1.29, 1.82) is 0 Å². The molecule has 0 aliphatic carbocycles. The van der Waals surface area contributed by atoms with Gasteiger partial charge in [0.1, 0.15) is 0 Å². The van der Waals surface area contributed by atoms with E-state index in [2.05, 4.69) is 32.9 Å². The molecule has 0 bridgehead atoms. The minimum atomic E-state index is -0.301. The van der Waals surface area contributed by atoms with E-state index in [1.54, 1.807) is 18.2 Å². The Morgan fingerprint density at radius 3 is 2.76 bits per heavy atom. The van der Waals surface area contributed by atoms with Crippen LogP contribution in [0.2, 0.25) is 10.0 Å². The molecule has 0 atom stereocenters. The van der Waals surface area contributed by atoms with Gasteiger partial charge in [0.15, 0.2) is 5.13 Å². The number of carbonyl (C=O) groups is 1. The highest BCUT2D eigenvalue weighted by Gasteiger charge is 2.13. The van der Waals surface area contributed by atoms with Crippen LogP contribution >= 0.6 is 57.1 Å². The molecule has 21 heavy (non-hydrogen) atoms. The van der Waals surface area contributed by atoms with Crippen LogP contribution in [0.5, 0.6) is 0 Å². The normalized spacial score (nSPS) is 10.8. The van der Waals surface area contributed by atoms with E-state index in [9.17, 15) is 4.79 Å². The first-order valence-electron chi connectivity index (χ1n) is 5.85. The van der Waals surface area contributed by atoms with E-state index in [1.165, 1.54) is 11.3 Å². The average Bonchev–Trinajstić information content (AvgIpc) is 2.79. The number of rotatable bonds is 2. The Labute approximate surface area is 148 Å². The van der Waals surface area contributed by atoms with E-state index in [0.29, 0.717) is 20.7 Å². The second-order valence-corrected chi connectivity index (χ2v) is 7.33. The fraction of sp³-hybridized carbons (Fsp3) is 0. The van der Waals surface area contributed by atoms with Crippen molar-refractivity contribution >= 4 is 78.4 Å². The number of nitrogens with one attached hydrogen (secondary N) is 1. The van der Waals surface area contributed by atoms with Gasteiger partial charge in [0, 0.05) is 8.59 Å². The maximum Gasteiger partial charge on any atom is 0.258 e. The van der Waals surface area contributed by atoms with Gasteiger partial charge in [-0.1, -0.05) is 34.5 Å². The molecule has 0 unspecified atom stereocenters. The van der Waals surface area contributed by atoms with E-state index in [0.717, 1.165) is 13.8 Å². The maximum absolute atomic E-state index is 12.2. The van der Waals surface area contributed by atoms with E-state index >= 15 is 0 Å². The third-order valence-corrected chi connectivity index (χ3v) is 4.90. The molecule has 106 valence electrons. The zero-order valence-corrected chi connectivity index (χ0v) is 14.8. The number of aromatic nitrogens is 1. The Kier molecular flexibility index (Phi) is 4.35. The molecule has 3 nitrogen and oxygen atoms in total.